The molecule has 18 heavy (non-hydrogen) atoms. The van der Waals surface area contributed by atoms with Crippen LogP contribution in [0, 0.1) is 0 Å². The van der Waals surface area contributed by atoms with Crippen molar-refractivity contribution >= 4 is 17.7 Å². The molecule has 5 heteroatoms. The number of thioether (sulfide) groups is 1. The number of nitrogens with zero attached hydrogens (tertiary/aromatic N) is 1. The van der Waals surface area contributed by atoms with Crippen molar-refractivity contribution in [1.29, 1.82) is 0 Å². The molecule has 0 fully saturated rings. The van der Waals surface area contributed by atoms with E-state index in [4.69, 9.17) is 9.63 Å². The summed E-state index contributed by atoms with van der Waals surface area (Å²) in [6.45, 7) is 0. The van der Waals surface area contributed by atoms with Crippen LogP contribution in [0.2, 0.25) is 0 Å². The Morgan fingerprint density at radius 3 is 3.11 bits per heavy atom. The van der Waals surface area contributed by atoms with E-state index in [0.29, 0.717) is 5.76 Å². The Hall–Kier alpha value is -1.75. The summed E-state index contributed by atoms with van der Waals surface area (Å²) in [4.78, 5) is 12.0. The molecule has 0 saturated heterocycles. The summed E-state index contributed by atoms with van der Waals surface area (Å²) < 4.78 is 5.13. The van der Waals surface area contributed by atoms with E-state index in [0.717, 1.165) is 17.7 Å². The molecule has 1 N–H and O–H groups in total. The predicted octanol–water partition coefficient (Wildman–Crippen LogP) is 3.08. The molecular weight excluding hydrogens is 250 g/mol. The minimum atomic E-state index is -1.07. The molecule has 1 aliphatic rings. The molecule has 0 atom stereocenters. The van der Waals surface area contributed by atoms with Gasteiger partial charge >= 0.3 is 5.97 Å². The molecule has 4 nitrogen and oxygen atoms in total. The fourth-order valence-corrected chi connectivity index (χ4v) is 3.26. The molecule has 0 bridgehead atoms. The van der Waals surface area contributed by atoms with E-state index in [2.05, 4.69) is 11.2 Å². The minimum Gasteiger partial charge on any atom is -0.476 e. The van der Waals surface area contributed by atoms with E-state index in [1.165, 1.54) is 22.9 Å². The lowest BCUT2D eigenvalue weighted by Gasteiger charge is -2.17. The van der Waals surface area contributed by atoms with Gasteiger partial charge in [-0.25, -0.2) is 4.79 Å². The van der Waals surface area contributed by atoms with Crippen LogP contribution < -0.4 is 0 Å². The number of hydrogen-bond donors (Lipinski definition) is 1. The number of carboxylic acids is 1. The molecule has 0 amide bonds. The molecular formula is C13H11NO3S. The molecule has 3 rings (SSSR count). The molecule has 1 aromatic heterocycles. The van der Waals surface area contributed by atoms with Gasteiger partial charge in [0.05, 0.1) is 0 Å². The highest BCUT2D eigenvalue weighted by Crippen LogP contribution is 2.38. The van der Waals surface area contributed by atoms with Gasteiger partial charge in [-0.2, -0.15) is 0 Å². The zero-order valence-electron chi connectivity index (χ0n) is 9.55. The van der Waals surface area contributed by atoms with Crippen molar-refractivity contribution in [2.24, 2.45) is 0 Å². The lowest BCUT2D eigenvalue weighted by Crippen LogP contribution is -1.99. The number of aryl methyl sites for hydroxylation is 1. The molecule has 2 heterocycles. The molecule has 92 valence electrons. The van der Waals surface area contributed by atoms with Crippen LogP contribution in [0.1, 0.15) is 22.5 Å². The topological polar surface area (TPSA) is 63.3 Å². The third-order valence-corrected chi connectivity index (χ3v) is 4.19. The van der Waals surface area contributed by atoms with Crippen LogP contribution in [0.5, 0.6) is 0 Å². The van der Waals surface area contributed by atoms with Crippen molar-refractivity contribution in [2.75, 3.05) is 5.75 Å². The quantitative estimate of drug-likeness (QED) is 0.900. The number of carbonyl (C=O) groups is 1. The fourth-order valence-electron chi connectivity index (χ4n) is 2.09. The van der Waals surface area contributed by atoms with E-state index < -0.39 is 5.97 Å². The average Bonchev–Trinajstić information content (AvgIpc) is 2.87. The van der Waals surface area contributed by atoms with Gasteiger partial charge in [-0.15, -0.1) is 11.8 Å². The first kappa shape index (κ1) is 11.3. The third-order valence-electron chi connectivity index (χ3n) is 2.93. The summed E-state index contributed by atoms with van der Waals surface area (Å²) in [6, 6.07) is 7.51. The third kappa shape index (κ3) is 1.90. The summed E-state index contributed by atoms with van der Waals surface area (Å²) in [6.07, 6.45) is 2.24. The highest BCUT2D eigenvalue weighted by Gasteiger charge is 2.19. The molecule has 2 aromatic rings. The number of hydrogen-bond acceptors (Lipinski definition) is 4. The lowest BCUT2D eigenvalue weighted by molar-refractivity contribution is 0.0686. The number of benzene rings is 1. The first-order chi connectivity index (χ1) is 8.75. The summed E-state index contributed by atoms with van der Waals surface area (Å²) in [5, 5.41) is 12.4. The van der Waals surface area contributed by atoms with E-state index in [9.17, 15) is 4.79 Å². The van der Waals surface area contributed by atoms with Crippen molar-refractivity contribution in [2.45, 2.75) is 17.7 Å². The van der Waals surface area contributed by atoms with Crippen LogP contribution >= 0.6 is 11.8 Å². The Morgan fingerprint density at radius 2 is 2.33 bits per heavy atom. The van der Waals surface area contributed by atoms with Gasteiger partial charge in [-0.3, -0.25) is 0 Å². The second-order valence-electron chi connectivity index (χ2n) is 4.13. The monoisotopic (exact) mass is 261 g/mol. The van der Waals surface area contributed by atoms with Gasteiger partial charge in [0.1, 0.15) is 0 Å². The summed E-state index contributed by atoms with van der Waals surface area (Å²) in [7, 11) is 0. The van der Waals surface area contributed by atoms with Crippen molar-refractivity contribution < 1.29 is 14.4 Å². The van der Waals surface area contributed by atoms with Crippen LogP contribution in [0.25, 0.3) is 11.3 Å². The second kappa shape index (κ2) is 4.49. The highest BCUT2D eigenvalue weighted by molar-refractivity contribution is 7.99. The maximum absolute atomic E-state index is 10.8. The van der Waals surface area contributed by atoms with Crippen molar-refractivity contribution in [3.05, 3.63) is 35.5 Å². The number of aromatic nitrogens is 1. The Balaban J connectivity index is 2.08. The number of aromatic carboxylic acids is 1. The summed E-state index contributed by atoms with van der Waals surface area (Å²) in [5.41, 5.74) is 2.19. The maximum atomic E-state index is 10.8. The van der Waals surface area contributed by atoms with E-state index in [1.54, 1.807) is 11.8 Å². The van der Waals surface area contributed by atoms with Crippen molar-refractivity contribution in [3.8, 4) is 11.3 Å². The van der Waals surface area contributed by atoms with E-state index in [1.807, 2.05) is 12.1 Å². The van der Waals surface area contributed by atoms with Crippen LogP contribution in [0.3, 0.4) is 0 Å². The van der Waals surface area contributed by atoms with Gasteiger partial charge in [0.15, 0.2) is 11.5 Å². The smallest absolute Gasteiger partial charge is 0.358 e. The molecule has 1 aliphatic heterocycles. The van der Waals surface area contributed by atoms with E-state index in [-0.39, 0.29) is 5.69 Å². The zero-order chi connectivity index (χ0) is 12.5. The molecule has 1 aromatic carbocycles. The zero-order valence-corrected chi connectivity index (χ0v) is 10.4. The minimum absolute atomic E-state index is 0.0524. The standard InChI is InChI=1S/C13H11NO3S/c15-13(16)10-7-11(17-14-10)9-5-1-3-8-4-2-6-18-12(8)9/h1,3,5,7H,2,4,6H2,(H,15,16). The first-order valence-electron chi connectivity index (χ1n) is 5.71. The molecule has 0 unspecified atom stereocenters. The van der Waals surface area contributed by atoms with Crippen LogP contribution in [0.4, 0.5) is 0 Å². The van der Waals surface area contributed by atoms with Crippen LogP contribution in [0.15, 0.2) is 33.7 Å². The van der Waals surface area contributed by atoms with Gasteiger partial charge in [0.2, 0.25) is 0 Å². The number of fused-ring (bicyclic) bond motifs is 1. The number of carboxylic acid groups (broad SMARTS) is 1. The second-order valence-corrected chi connectivity index (χ2v) is 5.23. The fraction of sp³-hybridized carbons (Fsp3) is 0.231. The van der Waals surface area contributed by atoms with Gasteiger partial charge in [0.25, 0.3) is 0 Å². The SMILES string of the molecule is O=C(O)c1cc(-c2cccc3c2SCCC3)on1. The molecule has 0 spiro atoms. The molecule has 0 radical (unpaired) electrons. The van der Waals surface area contributed by atoms with Gasteiger partial charge in [0, 0.05) is 16.5 Å². The Labute approximate surface area is 108 Å². The highest BCUT2D eigenvalue weighted by atomic mass is 32.2. The van der Waals surface area contributed by atoms with Crippen LogP contribution in [-0.4, -0.2) is 22.0 Å². The largest absolute Gasteiger partial charge is 0.476 e. The van der Waals surface area contributed by atoms with Gasteiger partial charge in [-0.1, -0.05) is 17.3 Å². The van der Waals surface area contributed by atoms with Crippen molar-refractivity contribution in [3.63, 3.8) is 0 Å². The lowest BCUT2D eigenvalue weighted by atomic mass is 10.0. The van der Waals surface area contributed by atoms with Crippen LogP contribution in [-0.2, 0) is 6.42 Å². The van der Waals surface area contributed by atoms with Gasteiger partial charge in [-0.05, 0) is 30.2 Å². The summed E-state index contributed by atoms with van der Waals surface area (Å²) in [5.74, 6) is 0.547. The Bertz CT molecular complexity index is 606. The Kier molecular flexibility index (Phi) is 2.83. The predicted molar refractivity (Wildman–Crippen MR) is 67.9 cm³/mol. The average molecular weight is 261 g/mol. The molecule has 0 saturated carbocycles. The summed E-state index contributed by atoms with van der Waals surface area (Å²) >= 11 is 1.79. The number of rotatable bonds is 2. The van der Waals surface area contributed by atoms with E-state index >= 15 is 0 Å². The molecule has 0 aliphatic carbocycles. The maximum Gasteiger partial charge on any atom is 0.358 e. The first-order valence-corrected chi connectivity index (χ1v) is 6.69. The van der Waals surface area contributed by atoms with Gasteiger partial charge < -0.3 is 9.63 Å². The normalized spacial score (nSPS) is 14.2. The Morgan fingerprint density at radius 1 is 1.44 bits per heavy atom. The van der Waals surface area contributed by atoms with Crippen molar-refractivity contribution in [1.82, 2.24) is 5.16 Å².